The summed E-state index contributed by atoms with van der Waals surface area (Å²) in [7, 11) is 1.81. The van der Waals surface area contributed by atoms with Gasteiger partial charge in [-0.3, -0.25) is 9.48 Å². The van der Waals surface area contributed by atoms with Crippen molar-refractivity contribution >= 4 is 5.91 Å². The number of carbonyl (C=O) groups is 1. The lowest BCUT2D eigenvalue weighted by molar-refractivity contribution is -0.125. The number of aryl methyl sites for hydroxylation is 1. The number of hydrogen-bond acceptors (Lipinski definition) is 3. The van der Waals surface area contributed by atoms with Gasteiger partial charge in [0.2, 0.25) is 5.91 Å². The van der Waals surface area contributed by atoms with Crippen LogP contribution < -0.4 is 11.1 Å². The van der Waals surface area contributed by atoms with Crippen LogP contribution in [0.3, 0.4) is 0 Å². The number of likely N-dealkylation sites (N-methyl/N-ethyl adjacent to an activating group) is 1. The van der Waals surface area contributed by atoms with Gasteiger partial charge >= 0.3 is 0 Å². The Morgan fingerprint density at radius 2 is 2.16 bits per heavy atom. The molecule has 5 heteroatoms. The zero-order chi connectivity index (χ0) is 14.2. The highest BCUT2D eigenvalue weighted by atomic mass is 16.1. The molecule has 1 saturated carbocycles. The van der Waals surface area contributed by atoms with E-state index in [-0.39, 0.29) is 5.91 Å². The van der Waals surface area contributed by atoms with Crippen LogP contribution in [0.2, 0.25) is 0 Å². The Morgan fingerprint density at radius 3 is 2.53 bits per heavy atom. The molecule has 1 atom stereocenters. The quantitative estimate of drug-likeness (QED) is 0.802. The van der Waals surface area contributed by atoms with Crippen molar-refractivity contribution in [1.29, 1.82) is 0 Å². The number of aromatic nitrogens is 2. The summed E-state index contributed by atoms with van der Waals surface area (Å²) in [5.41, 5.74) is 8.45. The summed E-state index contributed by atoms with van der Waals surface area (Å²) in [6.07, 6.45) is 3.08. The second-order valence-corrected chi connectivity index (χ2v) is 5.52. The Hall–Kier alpha value is -1.36. The van der Waals surface area contributed by atoms with Crippen LogP contribution in [0.15, 0.2) is 0 Å². The smallest absolute Gasteiger partial charge is 0.239 e. The standard InChI is InChI=1S/C14H24N4O/c1-5-12-9(2)17-18(10(12)3)8-14(16-4,13(15)19)11-6-7-11/h11,16H,5-8H2,1-4H3,(H2,15,19). The number of nitrogens with two attached hydrogens (primary N) is 1. The predicted molar refractivity (Wildman–Crippen MR) is 74.8 cm³/mol. The van der Waals surface area contributed by atoms with E-state index in [0.29, 0.717) is 12.5 Å². The molecular weight excluding hydrogens is 240 g/mol. The van der Waals surface area contributed by atoms with E-state index >= 15 is 0 Å². The molecule has 1 aromatic heterocycles. The molecule has 0 spiro atoms. The summed E-state index contributed by atoms with van der Waals surface area (Å²) >= 11 is 0. The topological polar surface area (TPSA) is 72.9 Å². The second kappa shape index (κ2) is 4.96. The highest BCUT2D eigenvalue weighted by Crippen LogP contribution is 2.40. The molecule has 106 valence electrons. The number of amides is 1. The summed E-state index contributed by atoms with van der Waals surface area (Å²) in [6.45, 7) is 6.73. The number of primary amides is 1. The van der Waals surface area contributed by atoms with Crippen molar-refractivity contribution in [1.82, 2.24) is 15.1 Å². The molecule has 0 bridgehead atoms. The average molecular weight is 264 g/mol. The van der Waals surface area contributed by atoms with Gasteiger partial charge in [-0.2, -0.15) is 5.10 Å². The zero-order valence-electron chi connectivity index (χ0n) is 12.3. The molecule has 1 aliphatic carbocycles. The summed E-state index contributed by atoms with van der Waals surface area (Å²) in [5.74, 6) is 0.0621. The van der Waals surface area contributed by atoms with Crippen LogP contribution in [-0.2, 0) is 17.8 Å². The monoisotopic (exact) mass is 264 g/mol. The minimum Gasteiger partial charge on any atom is -0.368 e. The van der Waals surface area contributed by atoms with Gasteiger partial charge in [0.25, 0.3) is 0 Å². The number of nitrogens with one attached hydrogen (secondary N) is 1. The van der Waals surface area contributed by atoms with Crippen LogP contribution in [0.4, 0.5) is 0 Å². The van der Waals surface area contributed by atoms with E-state index in [4.69, 9.17) is 5.73 Å². The maximum atomic E-state index is 11.9. The van der Waals surface area contributed by atoms with Crippen molar-refractivity contribution in [2.75, 3.05) is 7.05 Å². The molecular formula is C14H24N4O. The Balaban J connectivity index is 2.34. The minimum atomic E-state index is -0.659. The number of carbonyl (C=O) groups excluding carboxylic acids is 1. The second-order valence-electron chi connectivity index (χ2n) is 5.52. The van der Waals surface area contributed by atoms with Gasteiger partial charge in [-0.25, -0.2) is 0 Å². The van der Waals surface area contributed by atoms with Gasteiger partial charge in [-0.05, 0) is 51.6 Å². The summed E-state index contributed by atoms with van der Waals surface area (Å²) < 4.78 is 1.94. The third kappa shape index (κ3) is 2.27. The lowest BCUT2D eigenvalue weighted by atomic mass is 9.92. The van der Waals surface area contributed by atoms with E-state index < -0.39 is 5.54 Å². The lowest BCUT2D eigenvalue weighted by Crippen LogP contribution is -2.58. The van der Waals surface area contributed by atoms with Crippen LogP contribution >= 0.6 is 0 Å². The van der Waals surface area contributed by atoms with E-state index in [1.807, 2.05) is 18.7 Å². The van der Waals surface area contributed by atoms with E-state index in [1.54, 1.807) is 0 Å². The minimum absolute atomic E-state index is 0.275. The molecule has 2 rings (SSSR count). The van der Waals surface area contributed by atoms with Crippen molar-refractivity contribution in [2.45, 2.75) is 52.1 Å². The van der Waals surface area contributed by atoms with Crippen molar-refractivity contribution in [3.63, 3.8) is 0 Å². The number of rotatable bonds is 6. The molecule has 5 nitrogen and oxygen atoms in total. The van der Waals surface area contributed by atoms with Gasteiger partial charge < -0.3 is 11.1 Å². The largest absolute Gasteiger partial charge is 0.368 e. The average Bonchev–Trinajstić information content (AvgIpc) is 3.15. The van der Waals surface area contributed by atoms with E-state index in [2.05, 4.69) is 24.3 Å². The molecule has 0 saturated heterocycles. The SMILES string of the molecule is CCc1c(C)nn(CC(NC)(C(N)=O)C2CC2)c1C. The lowest BCUT2D eigenvalue weighted by Gasteiger charge is -2.30. The van der Waals surface area contributed by atoms with Gasteiger partial charge in [0.15, 0.2) is 0 Å². The van der Waals surface area contributed by atoms with Gasteiger partial charge in [0.05, 0.1) is 12.2 Å². The predicted octanol–water partition coefficient (Wildman–Crippen LogP) is 0.916. The first kappa shape index (κ1) is 14.1. The maximum Gasteiger partial charge on any atom is 0.239 e. The fourth-order valence-electron chi connectivity index (χ4n) is 3.03. The fraction of sp³-hybridized carbons (Fsp3) is 0.714. The molecule has 0 aliphatic heterocycles. The van der Waals surface area contributed by atoms with Crippen molar-refractivity contribution < 1.29 is 4.79 Å². The Kier molecular flexibility index (Phi) is 3.67. The first-order valence-electron chi connectivity index (χ1n) is 6.98. The molecule has 0 radical (unpaired) electrons. The molecule has 1 fully saturated rings. The van der Waals surface area contributed by atoms with Crippen LogP contribution in [0.5, 0.6) is 0 Å². The summed E-state index contributed by atoms with van der Waals surface area (Å²) in [5, 5.41) is 7.74. The van der Waals surface area contributed by atoms with Crippen LogP contribution in [0.1, 0.15) is 36.7 Å². The summed E-state index contributed by atoms with van der Waals surface area (Å²) in [6, 6.07) is 0. The normalized spacial score (nSPS) is 18.3. The molecule has 19 heavy (non-hydrogen) atoms. The number of nitrogens with zero attached hydrogens (tertiary/aromatic N) is 2. The Morgan fingerprint density at radius 1 is 1.53 bits per heavy atom. The molecule has 0 aromatic carbocycles. The van der Waals surface area contributed by atoms with Crippen LogP contribution in [0.25, 0.3) is 0 Å². The third-order valence-corrected chi connectivity index (χ3v) is 4.44. The molecule has 1 unspecified atom stereocenters. The van der Waals surface area contributed by atoms with Crippen molar-refractivity contribution in [3.8, 4) is 0 Å². The van der Waals surface area contributed by atoms with Gasteiger partial charge in [-0.15, -0.1) is 0 Å². The molecule has 1 heterocycles. The number of hydrogen-bond donors (Lipinski definition) is 2. The molecule has 1 aliphatic rings. The van der Waals surface area contributed by atoms with E-state index in [9.17, 15) is 4.79 Å². The van der Waals surface area contributed by atoms with Gasteiger partial charge in [0.1, 0.15) is 5.54 Å². The summed E-state index contributed by atoms with van der Waals surface area (Å²) in [4.78, 5) is 11.9. The maximum absolute atomic E-state index is 11.9. The third-order valence-electron chi connectivity index (χ3n) is 4.44. The van der Waals surface area contributed by atoms with E-state index in [1.165, 1.54) is 5.56 Å². The Labute approximate surface area is 114 Å². The first-order valence-corrected chi connectivity index (χ1v) is 6.98. The van der Waals surface area contributed by atoms with Crippen molar-refractivity contribution in [3.05, 3.63) is 17.0 Å². The zero-order valence-corrected chi connectivity index (χ0v) is 12.3. The van der Waals surface area contributed by atoms with E-state index in [0.717, 1.165) is 30.7 Å². The highest BCUT2D eigenvalue weighted by molar-refractivity contribution is 5.85. The Bertz CT molecular complexity index is 490. The van der Waals surface area contributed by atoms with Crippen LogP contribution in [0, 0.1) is 19.8 Å². The van der Waals surface area contributed by atoms with Gasteiger partial charge in [-0.1, -0.05) is 6.92 Å². The molecule has 1 aromatic rings. The highest BCUT2D eigenvalue weighted by Gasteiger charge is 2.49. The first-order chi connectivity index (χ1) is 8.96. The van der Waals surface area contributed by atoms with Crippen molar-refractivity contribution in [2.24, 2.45) is 11.7 Å². The molecule has 3 N–H and O–H groups in total. The van der Waals surface area contributed by atoms with Crippen LogP contribution in [-0.4, -0.2) is 28.3 Å². The van der Waals surface area contributed by atoms with Gasteiger partial charge in [0, 0.05) is 5.69 Å². The fourth-order valence-corrected chi connectivity index (χ4v) is 3.03. The molecule has 1 amide bonds.